The lowest BCUT2D eigenvalue weighted by Crippen LogP contribution is -2.13. The van der Waals surface area contributed by atoms with Crippen molar-refractivity contribution >= 4 is 11.8 Å². The first-order chi connectivity index (χ1) is 9.52. The molecule has 2 aromatic rings. The Morgan fingerprint density at radius 3 is 2.85 bits per heavy atom. The van der Waals surface area contributed by atoms with Gasteiger partial charge in [0.15, 0.2) is 0 Å². The Morgan fingerprint density at radius 1 is 1.35 bits per heavy atom. The topological polar surface area (TPSA) is 45.8 Å². The van der Waals surface area contributed by atoms with Crippen LogP contribution in [-0.2, 0) is 12.2 Å². The summed E-state index contributed by atoms with van der Waals surface area (Å²) in [4.78, 5) is 19.6. The fraction of sp³-hybridized carbons (Fsp3) is 0.333. The summed E-state index contributed by atoms with van der Waals surface area (Å²) in [7, 11) is 0. The number of thioether (sulfide) groups is 1. The van der Waals surface area contributed by atoms with Gasteiger partial charge >= 0.3 is 0 Å². The van der Waals surface area contributed by atoms with E-state index in [1.165, 1.54) is 30.0 Å². The van der Waals surface area contributed by atoms with Crippen LogP contribution in [0.3, 0.4) is 0 Å². The molecule has 0 saturated heterocycles. The molecule has 20 heavy (non-hydrogen) atoms. The predicted octanol–water partition coefficient (Wildman–Crippen LogP) is 3.40. The van der Waals surface area contributed by atoms with Gasteiger partial charge in [-0.1, -0.05) is 19.9 Å². The van der Waals surface area contributed by atoms with Gasteiger partial charge in [0.05, 0.1) is 5.75 Å². The Morgan fingerprint density at radius 2 is 2.15 bits per heavy atom. The van der Waals surface area contributed by atoms with Crippen molar-refractivity contribution in [1.29, 1.82) is 0 Å². The molecule has 0 fully saturated rings. The highest BCUT2D eigenvalue weighted by Gasteiger charge is 2.05. The van der Waals surface area contributed by atoms with Crippen molar-refractivity contribution in [1.82, 2.24) is 9.97 Å². The molecule has 1 heterocycles. The highest BCUT2D eigenvalue weighted by atomic mass is 32.2. The van der Waals surface area contributed by atoms with Crippen LogP contribution in [0, 0.1) is 11.7 Å². The van der Waals surface area contributed by atoms with Crippen LogP contribution >= 0.6 is 11.8 Å². The first-order valence-corrected chi connectivity index (χ1v) is 7.49. The number of hydrogen-bond acceptors (Lipinski definition) is 3. The van der Waals surface area contributed by atoms with Crippen LogP contribution in [0.15, 0.2) is 40.0 Å². The first-order valence-electron chi connectivity index (χ1n) is 6.50. The molecule has 0 amide bonds. The summed E-state index contributed by atoms with van der Waals surface area (Å²) in [5, 5.41) is 0. The van der Waals surface area contributed by atoms with Crippen LogP contribution in [0.4, 0.5) is 4.39 Å². The maximum Gasteiger partial charge on any atom is 0.251 e. The highest BCUT2D eigenvalue weighted by Crippen LogP contribution is 2.21. The summed E-state index contributed by atoms with van der Waals surface area (Å²) in [6, 6.07) is 7.93. The van der Waals surface area contributed by atoms with E-state index in [9.17, 15) is 9.18 Å². The van der Waals surface area contributed by atoms with Gasteiger partial charge in [-0.05, 0) is 30.5 Å². The zero-order chi connectivity index (χ0) is 14.5. The minimum absolute atomic E-state index is 0.134. The number of halogens is 1. The molecule has 0 aliphatic rings. The lowest BCUT2D eigenvalue weighted by molar-refractivity contribution is 0.624. The van der Waals surface area contributed by atoms with E-state index < -0.39 is 0 Å². The largest absolute Gasteiger partial charge is 0.310 e. The lowest BCUT2D eigenvalue weighted by Gasteiger charge is -2.06. The molecular weight excluding hydrogens is 275 g/mol. The molecule has 1 N–H and O–H groups in total. The van der Waals surface area contributed by atoms with E-state index in [1.807, 2.05) is 6.07 Å². The molecule has 5 heteroatoms. The predicted molar refractivity (Wildman–Crippen MR) is 79.4 cm³/mol. The molecule has 2 rings (SSSR count). The van der Waals surface area contributed by atoms with Crippen LogP contribution < -0.4 is 5.56 Å². The average Bonchev–Trinajstić information content (AvgIpc) is 2.35. The van der Waals surface area contributed by atoms with E-state index in [0.717, 1.165) is 17.0 Å². The second kappa shape index (κ2) is 6.70. The Balaban J connectivity index is 2.09. The van der Waals surface area contributed by atoms with E-state index in [4.69, 9.17) is 0 Å². The zero-order valence-electron chi connectivity index (χ0n) is 11.5. The van der Waals surface area contributed by atoms with Crippen molar-refractivity contribution in [3.63, 3.8) is 0 Å². The third-order valence-corrected chi connectivity index (χ3v) is 3.64. The Kier molecular flexibility index (Phi) is 4.95. The number of rotatable bonds is 5. The van der Waals surface area contributed by atoms with Crippen molar-refractivity contribution in [2.75, 3.05) is 0 Å². The highest BCUT2D eigenvalue weighted by molar-refractivity contribution is 7.98. The summed E-state index contributed by atoms with van der Waals surface area (Å²) < 4.78 is 13.1. The minimum Gasteiger partial charge on any atom is -0.310 e. The summed E-state index contributed by atoms with van der Waals surface area (Å²) in [6.45, 7) is 4.17. The second-order valence-corrected chi connectivity index (χ2v) is 6.08. The molecule has 0 aliphatic heterocycles. The van der Waals surface area contributed by atoms with Crippen molar-refractivity contribution in [3.8, 4) is 0 Å². The number of benzene rings is 1. The Bertz CT molecular complexity index is 640. The van der Waals surface area contributed by atoms with Gasteiger partial charge in [0.2, 0.25) is 0 Å². The number of H-pyrrole nitrogens is 1. The van der Waals surface area contributed by atoms with Crippen LogP contribution in [-0.4, -0.2) is 9.97 Å². The van der Waals surface area contributed by atoms with E-state index in [1.54, 1.807) is 6.07 Å². The summed E-state index contributed by atoms with van der Waals surface area (Å²) in [6.07, 6.45) is 0.779. The third kappa shape index (κ3) is 4.49. The maximum absolute atomic E-state index is 13.1. The fourth-order valence-corrected chi connectivity index (χ4v) is 2.67. The van der Waals surface area contributed by atoms with Gasteiger partial charge in [-0.25, -0.2) is 9.37 Å². The van der Waals surface area contributed by atoms with Crippen molar-refractivity contribution < 1.29 is 4.39 Å². The smallest absolute Gasteiger partial charge is 0.251 e. The molecule has 0 bridgehead atoms. The number of hydrogen-bond donors (Lipinski definition) is 1. The molecule has 0 radical (unpaired) electrons. The van der Waals surface area contributed by atoms with Crippen LogP contribution in [0.1, 0.15) is 25.4 Å². The summed E-state index contributed by atoms with van der Waals surface area (Å²) >= 11 is 1.45. The normalized spacial score (nSPS) is 11.0. The molecule has 0 aliphatic carbocycles. The van der Waals surface area contributed by atoms with E-state index >= 15 is 0 Å². The second-order valence-electron chi connectivity index (χ2n) is 5.03. The van der Waals surface area contributed by atoms with Crippen molar-refractivity contribution in [2.45, 2.75) is 30.9 Å². The standard InChI is InChI=1S/C15H17FN2OS/c1-10(2)6-12-8-15(19)18-14(17-12)9-20-13-5-3-4-11(16)7-13/h3-5,7-8,10H,6,9H2,1-2H3,(H,17,18,19). The number of aromatic nitrogens is 2. The average molecular weight is 292 g/mol. The molecular formula is C15H17FN2OS. The van der Waals surface area contributed by atoms with Gasteiger partial charge in [0.25, 0.3) is 5.56 Å². The maximum atomic E-state index is 13.1. The molecule has 3 nitrogen and oxygen atoms in total. The van der Waals surface area contributed by atoms with Gasteiger partial charge in [-0.3, -0.25) is 4.79 Å². The van der Waals surface area contributed by atoms with Crippen LogP contribution in [0.2, 0.25) is 0 Å². The number of nitrogens with one attached hydrogen (secondary N) is 1. The zero-order valence-corrected chi connectivity index (χ0v) is 12.3. The Hall–Kier alpha value is -1.62. The molecule has 0 saturated carbocycles. The van der Waals surface area contributed by atoms with Gasteiger partial charge in [0.1, 0.15) is 11.6 Å². The fourth-order valence-electron chi connectivity index (χ4n) is 1.86. The molecule has 1 aromatic carbocycles. The monoisotopic (exact) mass is 292 g/mol. The lowest BCUT2D eigenvalue weighted by atomic mass is 10.1. The van der Waals surface area contributed by atoms with Crippen molar-refractivity contribution in [2.24, 2.45) is 5.92 Å². The van der Waals surface area contributed by atoms with Gasteiger partial charge in [-0.2, -0.15) is 0 Å². The SMILES string of the molecule is CC(C)Cc1cc(=O)[nH]c(CSc2cccc(F)c2)n1. The molecule has 106 valence electrons. The van der Waals surface area contributed by atoms with Crippen LogP contribution in [0.25, 0.3) is 0 Å². The number of nitrogens with zero attached hydrogens (tertiary/aromatic N) is 1. The third-order valence-electron chi connectivity index (χ3n) is 2.63. The van der Waals surface area contributed by atoms with Crippen molar-refractivity contribution in [3.05, 3.63) is 58.0 Å². The molecule has 0 unspecified atom stereocenters. The van der Waals surface area contributed by atoms with Crippen LogP contribution in [0.5, 0.6) is 0 Å². The number of aromatic amines is 1. The van der Waals surface area contributed by atoms with Gasteiger partial charge in [0, 0.05) is 16.7 Å². The summed E-state index contributed by atoms with van der Waals surface area (Å²) in [5.74, 6) is 1.34. The molecule has 0 atom stereocenters. The molecule has 0 spiro atoms. The molecule has 1 aromatic heterocycles. The van der Waals surface area contributed by atoms with E-state index in [2.05, 4.69) is 23.8 Å². The summed E-state index contributed by atoms with van der Waals surface area (Å²) in [5.41, 5.74) is 0.670. The minimum atomic E-state index is -0.259. The van der Waals surface area contributed by atoms with Gasteiger partial charge in [-0.15, -0.1) is 11.8 Å². The van der Waals surface area contributed by atoms with Gasteiger partial charge < -0.3 is 4.98 Å². The quantitative estimate of drug-likeness (QED) is 0.859. The van der Waals surface area contributed by atoms with E-state index in [0.29, 0.717) is 17.5 Å². The Labute approximate surface area is 121 Å². The first kappa shape index (κ1) is 14.8. The van der Waals surface area contributed by atoms with E-state index in [-0.39, 0.29) is 11.4 Å².